The van der Waals surface area contributed by atoms with Crippen LogP contribution < -0.4 is 0 Å². The van der Waals surface area contributed by atoms with E-state index < -0.39 is 5.54 Å². The molecule has 0 aliphatic rings. The quantitative estimate of drug-likeness (QED) is 0.599. The molecule has 56 valence electrons. The van der Waals surface area contributed by atoms with Gasteiger partial charge < -0.3 is 5.11 Å². The fourth-order valence-electron chi connectivity index (χ4n) is 0.511. The highest BCUT2D eigenvalue weighted by Gasteiger charge is 2.19. The summed E-state index contributed by atoms with van der Waals surface area (Å²) in [6.07, 6.45) is 1.48. The van der Waals surface area contributed by atoms with Gasteiger partial charge in [-0.15, -0.1) is 5.10 Å². The Morgan fingerprint density at radius 3 is 2.70 bits per heavy atom. The summed E-state index contributed by atoms with van der Waals surface area (Å²) in [7, 11) is 0. The summed E-state index contributed by atoms with van der Waals surface area (Å²) in [5.41, 5.74) is -0.399. The minimum atomic E-state index is -0.399. The van der Waals surface area contributed by atoms with E-state index in [0.29, 0.717) is 0 Å². The molecule has 0 radical (unpaired) electrons. The second-order valence-electron chi connectivity index (χ2n) is 2.72. The van der Waals surface area contributed by atoms with Gasteiger partial charge >= 0.3 is 0 Å². The molecular formula is C5H10N4O. The van der Waals surface area contributed by atoms with Crippen molar-refractivity contribution in [2.45, 2.75) is 19.4 Å². The van der Waals surface area contributed by atoms with Crippen LogP contribution in [-0.4, -0.2) is 31.9 Å². The summed E-state index contributed by atoms with van der Waals surface area (Å²) in [6.45, 7) is 3.73. The smallest absolute Gasteiger partial charge is 0.138 e. The Bertz CT molecular complexity index is 193. The lowest BCUT2D eigenvalue weighted by Crippen LogP contribution is -2.30. The number of nitrogens with zero attached hydrogens (tertiary/aromatic N) is 4. The first-order valence-electron chi connectivity index (χ1n) is 3.01. The number of tetrazole rings is 1. The van der Waals surface area contributed by atoms with Gasteiger partial charge in [-0.25, -0.2) is 4.68 Å². The molecule has 5 heteroatoms. The molecule has 0 atom stereocenters. The monoisotopic (exact) mass is 142 g/mol. The van der Waals surface area contributed by atoms with Crippen LogP contribution in [0.2, 0.25) is 0 Å². The summed E-state index contributed by atoms with van der Waals surface area (Å²) in [4.78, 5) is 0. The van der Waals surface area contributed by atoms with Crippen molar-refractivity contribution in [1.29, 1.82) is 0 Å². The third-order valence-corrected chi connectivity index (χ3v) is 1.36. The zero-order valence-corrected chi connectivity index (χ0v) is 6.02. The molecule has 0 bridgehead atoms. The molecule has 0 unspecified atom stereocenters. The van der Waals surface area contributed by atoms with Crippen LogP contribution in [-0.2, 0) is 5.54 Å². The molecule has 0 aromatic carbocycles. The van der Waals surface area contributed by atoms with Crippen LogP contribution in [0.25, 0.3) is 0 Å². The van der Waals surface area contributed by atoms with Gasteiger partial charge in [0, 0.05) is 0 Å². The van der Waals surface area contributed by atoms with E-state index in [1.54, 1.807) is 0 Å². The lowest BCUT2D eigenvalue weighted by atomic mass is 10.1. The topological polar surface area (TPSA) is 63.8 Å². The van der Waals surface area contributed by atoms with Crippen molar-refractivity contribution >= 4 is 0 Å². The van der Waals surface area contributed by atoms with Crippen LogP contribution in [0.5, 0.6) is 0 Å². The number of hydrogen-bond donors (Lipinski definition) is 1. The molecule has 0 aliphatic heterocycles. The molecular weight excluding hydrogens is 132 g/mol. The number of aromatic nitrogens is 4. The van der Waals surface area contributed by atoms with Gasteiger partial charge in [-0.1, -0.05) is 0 Å². The maximum Gasteiger partial charge on any atom is 0.138 e. The van der Waals surface area contributed by atoms with E-state index in [1.165, 1.54) is 11.0 Å². The van der Waals surface area contributed by atoms with Gasteiger partial charge in [0.2, 0.25) is 0 Å². The van der Waals surface area contributed by atoms with Crippen molar-refractivity contribution < 1.29 is 5.11 Å². The molecule has 1 heterocycles. The first kappa shape index (κ1) is 7.14. The molecule has 1 N–H and O–H groups in total. The van der Waals surface area contributed by atoms with E-state index in [0.717, 1.165) is 0 Å². The maximum atomic E-state index is 8.85. The summed E-state index contributed by atoms with van der Waals surface area (Å²) >= 11 is 0. The predicted molar refractivity (Wildman–Crippen MR) is 34.2 cm³/mol. The van der Waals surface area contributed by atoms with Crippen LogP contribution in [0, 0.1) is 0 Å². The average Bonchev–Trinajstić information content (AvgIpc) is 2.38. The van der Waals surface area contributed by atoms with E-state index in [-0.39, 0.29) is 6.61 Å². The van der Waals surface area contributed by atoms with Gasteiger partial charge in [0.15, 0.2) is 0 Å². The second kappa shape index (κ2) is 2.34. The molecule has 0 spiro atoms. The van der Waals surface area contributed by atoms with Crippen molar-refractivity contribution in [2.75, 3.05) is 6.61 Å². The van der Waals surface area contributed by atoms with Gasteiger partial charge in [0.1, 0.15) is 6.33 Å². The van der Waals surface area contributed by atoms with Gasteiger partial charge in [0.25, 0.3) is 0 Å². The fourth-order valence-corrected chi connectivity index (χ4v) is 0.511. The maximum absolute atomic E-state index is 8.85. The van der Waals surface area contributed by atoms with Crippen LogP contribution in [0.15, 0.2) is 6.33 Å². The highest BCUT2D eigenvalue weighted by Crippen LogP contribution is 2.09. The Hall–Kier alpha value is -0.970. The van der Waals surface area contributed by atoms with Gasteiger partial charge in [-0.3, -0.25) is 0 Å². The Kier molecular flexibility index (Phi) is 1.67. The van der Waals surface area contributed by atoms with Gasteiger partial charge in [0.05, 0.1) is 12.1 Å². The number of rotatable bonds is 2. The van der Waals surface area contributed by atoms with Gasteiger partial charge in [-0.05, 0) is 24.3 Å². The molecule has 1 aromatic heterocycles. The third-order valence-electron chi connectivity index (χ3n) is 1.36. The number of aliphatic hydroxyl groups is 1. The summed E-state index contributed by atoms with van der Waals surface area (Å²) in [6, 6.07) is 0. The minimum Gasteiger partial charge on any atom is -0.394 e. The standard InChI is InChI=1S/C5H10N4O/c1-5(2,3-10)9-4-6-7-8-9/h4,10H,3H2,1-2H3. The Morgan fingerprint density at radius 2 is 2.30 bits per heavy atom. The molecule has 0 saturated heterocycles. The van der Waals surface area contributed by atoms with E-state index in [2.05, 4.69) is 15.5 Å². The van der Waals surface area contributed by atoms with Crippen LogP contribution in [0.1, 0.15) is 13.8 Å². The van der Waals surface area contributed by atoms with Crippen molar-refractivity contribution in [2.24, 2.45) is 0 Å². The zero-order valence-electron chi connectivity index (χ0n) is 6.02. The fraction of sp³-hybridized carbons (Fsp3) is 0.800. The van der Waals surface area contributed by atoms with Crippen molar-refractivity contribution in [1.82, 2.24) is 20.2 Å². The second-order valence-corrected chi connectivity index (χ2v) is 2.72. The van der Waals surface area contributed by atoms with Gasteiger partial charge in [-0.2, -0.15) is 0 Å². The number of hydrogen-bond acceptors (Lipinski definition) is 4. The first-order valence-corrected chi connectivity index (χ1v) is 3.01. The third kappa shape index (κ3) is 1.13. The first-order chi connectivity index (χ1) is 4.67. The lowest BCUT2D eigenvalue weighted by molar-refractivity contribution is 0.150. The summed E-state index contributed by atoms with van der Waals surface area (Å²) in [5.74, 6) is 0. The Labute approximate surface area is 58.7 Å². The van der Waals surface area contributed by atoms with E-state index >= 15 is 0 Å². The predicted octanol–water partition coefficient (Wildman–Crippen LogP) is -0.600. The van der Waals surface area contributed by atoms with E-state index in [4.69, 9.17) is 5.11 Å². The largest absolute Gasteiger partial charge is 0.394 e. The van der Waals surface area contributed by atoms with Crippen LogP contribution in [0.3, 0.4) is 0 Å². The molecule has 1 aromatic rings. The highest BCUT2D eigenvalue weighted by molar-refractivity contribution is 4.72. The van der Waals surface area contributed by atoms with E-state index in [9.17, 15) is 0 Å². The van der Waals surface area contributed by atoms with Crippen molar-refractivity contribution in [3.63, 3.8) is 0 Å². The normalized spacial score (nSPS) is 11.9. The van der Waals surface area contributed by atoms with Crippen molar-refractivity contribution in [3.8, 4) is 0 Å². The Balaban J connectivity index is 2.85. The summed E-state index contributed by atoms with van der Waals surface area (Å²) < 4.78 is 1.52. The molecule has 0 amide bonds. The SMILES string of the molecule is CC(C)(CO)n1cnnn1. The minimum absolute atomic E-state index is 0.0258. The molecule has 5 nitrogen and oxygen atoms in total. The molecule has 0 saturated carbocycles. The van der Waals surface area contributed by atoms with E-state index in [1.807, 2.05) is 13.8 Å². The van der Waals surface area contributed by atoms with Crippen LogP contribution >= 0.6 is 0 Å². The molecule has 0 fully saturated rings. The molecule has 10 heavy (non-hydrogen) atoms. The molecule has 1 rings (SSSR count). The number of aliphatic hydroxyl groups excluding tert-OH is 1. The average molecular weight is 142 g/mol. The van der Waals surface area contributed by atoms with Crippen molar-refractivity contribution in [3.05, 3.63) is 6.33 Å². The van der Waals surface area contributed by atoms with Crippen LogP contribution in [0.4, 0.5) is 0 Å². The highest BCUT2D eigenvalue weighted by atomic mass is 16.3. The lowest BCUT2D eigenvalue weighted by Gasteiger charge is -2.19. The Morgan fingerprint density at radius 1 is 1.60 bits per heavy atom. The summed E-state index contributed by atoms with van der Waals surface area (Å²) in [5, 5.41) is 19.4. The zero-order chi connectivity index (χ0) is 7.61. The molecule has 0 aliphatic carbocycles.